The molecule has 0 bridgehead atoms. The van der Waals surface area contributed by atoms with Crippen molar-refractivity contribution >= 4 is 6.03 Å². The van der Waals surface area contributed by atoms with Crippen LogP contribution in [0.4, 0.5) is 4.79 Å². The summed E-state index contributed by atoms with van der Waals surface area (Å²) >= 11 is 0. The third kappa shape index (κ3) is 2.82. The van der Waals surface area contributed by atoms with Crippen LogP contribution < -0.4 is 0 Å². The summed E-state index contributed by atoms with van der Waals surface area (Å²) in [6.45, 7) is 1.27. The second-order valence-corrected chi connectivity index (χ2v) is 4.96. The molecule has 0 aromatic heterocycles. The zero-order chi connectivity index (χ0) is 13.1. The third-order valence-electron chi connectivity index (χ3n) is 3.23. The van der Waals surface area contributed by atoms with Crippen molar-refractivity contribution in [3.05, 3.63) is 35.4 Å². The van der Waals surface area contributed by atoms with Gasteiger partial charge in [-0.05, 0) is 11.1 Å². The van der Waals surface area contributed by atoms with Crippen molar-refractivity contribution < 1.29 is 9.53 Å². The third-order valence-corrected chi connectivity index (χ3v) is 3.23. The van der Waals surface area contributed by atoms with E-state index in [0.29, 0.717) is 13.2 Å². The second kappa shape index (κ2) is 5.40. The molecule has 1 aromatic rings. The second-order valence-electron chi connectivity index (χ2n) is 4.96. The summed E-state index contributed by atoms with van der Waals surface area (Å²) in [6, 6.07) is 8.33. The van der Waals surface area contributed by atoms with E-state index in [4.69, 9.17) is 4.74 Å². The van der Waals surface area contributed by atoms with E-state index in [9.17, 15) is 4.79 Å². The topological polar surface area (TPSA) is 32.8 Å². The number of carbonyl (C=O) groups excluding carboxylic acids is 1. The van der Waals surface area contributed by atoms with Gasteiger partial charge in [-0.3, -0.25) is 0 Å². The van der Waals surface area contributed by atoms with E-state index in [1.54, 1.807) is 23.9 Å². The van der Waals surface area contributed by atoms with Crippen LogP contribution in [0.3, 0.4) is 0 Å². The number of hydrogen-bond donors (Lipinski definition) is 0. The lowest BCUT2D eigenvalue weighted by atomic mass is 9.99. The molecule has 4 nitrogen and oxygen atoms in total. The minimum Gasteiger partial charge on any atom is -0.371 e. The van der Waals surface area contributed by atoms with Gasteiger partial charge in [0.1, 0.15) is 0 Å². The van der Waals surface area contributed by atoms with Crippen LogP contribution in [0.15, 0.2) is 24.3 Å². The molecule has 1 aliphatic rings. The summed E-state index contributed by atoms with van der Waals surface area (Å²) in [6.07, 6.45) is 0.968. The molecular weight excluding hydrogens is 228 g/mol. The molecule has 2 rings (SSSR count). The van der Waals surface area contributed by atoms with Gasteiger partial charge in [0.05, 0.1) is 12.7 Å². The van der Waals surface area contributed by atoms with Crippen molar-refractivity contribution in [1.29, 1.82) is 0 Å². The highest BCUT2D eigenvalue weighted by molar-refractivity contribution is 5.73. The van der Waals surface area contributed by atoms with Crippen molar-refractivity contribution in [2.45, 2.75) is 19.1 Å². The van der Waals surface area contributed by atoms with Gasteiger partial charge < -0.3 is 14.5 Å². The van der Waals surface area contributed by atoms with E-state index >= 15 is 0 Å². The summed E-state index contributed by atoms with van der Waals surface area (Å²) in [5.41, 5.74) is 2.59. The summed E-state index contributed by atoms with van der Waals surface area (Å²) in [5.74, 6) is 0. The van der Waals surface area contributed by atoms with Gasteiger partial charge in [0.2, 0.25) is 0 Å². The Kier molecular flexibility index (Phi) is 3.87. The van der Waals surface area contributed by atoms with Gasteiger partial charge in [-0.1, -0.05) is 24.3 Å². The molecule has 0 radical (unpaired) electrons. The number of nitrogens with zero attached hydrogens (tertiary/aromatic N) is 2. The minimum atomic E-state index is 0.0115. The SMILES string of the molecule is CN(C)C(=O)N(C)CC1Cc2ccccc2CO1. The summed E-state index contributed by atoms with van der Waals surface area (Å²) in [4.78, 5) is 15.0. The summed E-state index contributed by atoms with van der Waals surface area (Å²) in [7, 11) is 5.33. The highest BCUT2D eigenvalue weighted by atomic mass is 16.5. The molecule has 0 aliphatic carbocycles. The smallest absolute Gasteiger partial charge is 0.319 e. The molecule has 1 heterocycles. The number of benzene rings is 1. The molecule has 18 heavy (non-hydrogen) atoms. The Morgan fingerprint density at radius 1 is 1.28 bits per heavy atom. The monoisotopic (exact) mass is 248 g/mol. The molecule has 98 valence electrons. The van der Waals surface area contributed by atoms with Crippen LogP contribution in [0.2, 0.25) is 0 Å². The van der Waals surface area contributed by atoms with Crippen LogP contribution in [-0.2, 0) is 17.8 Å². The van der Waals surface area contributed by atoms with Gasteiger partial charge in [-0.2, -0.15) is 0 Å². The van der Waals surface area contributed by atoms with Crippen LogP contribution in [0.25, 0.3) is 0 Å². The molecule has 0 saturated heterocycles. The average molecular weight is 248 g/mol. The van der Waals surface area contributed by atoms with E-state index in [1.165, 1.54) is 11.1 Å². The normalized spacial score (nSPS) is 18.1. The van der Waals surface area contributed by atoms with E-state index in [0.717, 1.165) is 6.42 Å². The van der Waals surface area contributed by atoms with Crippen molar-refractivity contribution in [2.24, 2.45) is 0 Å². The molecule has 1 atom stereocenters. The van der Waals surface area contributed by atoms with Crippen molar-refractivity contribution in [3.63, 3.8) is 0 Å². The zero-order valence-corrected chi connectivity index (χ0v) is 11.2. The standard InChI is InChI=1S/C14H20N2O2/c1-15(2)14(17)16(3)9-13-8-11-6-4-5-7-12(11)10-18-13/h4-7,13H,8-10H2,1-3H3. The van der Waals surface area contributed by atoms with Gasteiger partial charge in [-0.25, -0.2) is 4.79 Å². The van der Waals surface area contributed by atoms with Gasteiger partial charge in [0, 0.05) is 34.1 Å². The first-order chi connectivity index (χ1) is 8.58. The Morgan fingerprint density at radius 2 is 1.94 bits per heavy atom. The first kappa shape index (κ1) is 12.9. The first-order valence-electron chi connectivity index (χ1n) is 6.18. The van der Waals surface area contributed by atoms with Crippen molar-refractivity contribution in [1.82, 2.24) is 9.80 Å². The molecule has 0 fully saturated rings. The molecule has 1 aliphatic heterocycles. The van der Waals surface area contributed by atoms with Crippen molar-refractivity contribution in [2.75, 3.05) is 27.7 Å². The van der Waals surface area contributed by atoms with Crippen LogP contribution >= 0.6 is 0 Å². The highest BCUT2D eigenvalue weighted by Gasteiger charge is 2.22. The Hall–Kier alpha value is -1.55. The number of amides is 2. The van der Waals surface area contributed by atoms with Gasteiger partial charge >= 0.3 is 6.03 Å². The van der Waals surface area contributed by atoms with Crippen LogP contribution in [-0.4, -0.2) is 49.6 Å². The lowest BCUT2D eigenvalue weighted by molar-refractivity contribution is 0.0134. The fourth-order valence-electron chi connectivity index (χ4n) is 2.25. The van der Waals surface area contributed by atoms with E-state index < -0.39 is 0 Å². The number of fused-ring (bicyclic) bond motifs is 1. The zero-order valence-electron chi connectivity index (χ0n) is 11.2. The fourth-order valence-corrected chi connectivity index (χ4v) is 2.25. The summed E-state index contributed by atoms with van der Waals surface area (Å²) in [5, 5.41) is 0. The Balaban J connectivity index is 1.96. The van der Waals surface area contributed by atoms with E-state index in [1.807, 2.05) is 13.1 Å². The Bertz CT molecular complexity index is 432. The predicted octanol–water partition coefficient (Wildman–Crippen LogP) is 1.74. The fraction of sp³-hybridized carbons (Fsp3) is 0.500. The Morgan fingerprint density at radius 3 is 2.61 bits per heavy atom. The van der Waals surface area contributed by atoms with E-state index in [-0.39, 0.29) is 12.1 Å². The van der Waals surface area contributed by atoms with Gasteiger partial charge in [-0.15, -0.1) is 0 Å². The van der Waals surface area contributed by atoms with Gasteiger partial charge in [0.15, 0.2) is 0 Å². The number of urea groups is 1. The van der Waals surface area contributed by atoms with Crippen LogP contribution in [0.5, 0.6) is 0 Å². The number of hydrogen-bond acceptors (Lipinski definition) is 2. The molecule has 0 spiro atoms. The molecular formula is C14H20N2O2. The maximum atomic E-state index is 11.8. The minimum absolute atomic E-state index is 0.0115. The predicted molar refractivity (Wildman–Crippen MR) is 70.4 cm³/mol. The average Bonchev–Trinajstić information content (AvgIpc) is 2.37. The number of likely N-dealkylation sites (N-methyl/N-ethyl adjacent to an activating group) is 1. The maximum Gasteiger partial charge on any atom is 0.319 e. The lowest BCUT2D eigenvalue weighted by Gasteiger charge is -2.30. The molecule has 2 amide bonds. The largest absolute Gasteiger partial charge is 0.371 e. The molecule has 0 N–H and O–H groups in total. The molecule has 1 unspecified atom stereocenters. The highest BCUT2D eigenvalue weighted by Crippen LogP contribution is 2.20. The van der Waals surface area contributed by atoms with Crippen molar-refractivity contribution in [3.8, 4) is 0 Å². The summed E-state index contributed by atoms with van der Waals surface area (Å²) < 4.78 is 5.79. The molecule has 4 heteroatoms. The number of ether oxygens (including phenoxy) is 1. The Labute approximate surface area is 108 Å². The van der Waals surface area contributed by atoms with Crippen LogP contribution in [0, 0.1) is 0 Å². The van der Waals surface area contributed by atoms with Crippen LogP contribution in [0.1, 0.15) is 11.1 Å². The quantitative estimate of drug-likeness (QED) is 0.798. The molecule has 0 saturated carbocycles. The molecule has 1 aromatic carbocycles. The lowest BCUT2D eigenvalue weighted by Crippen LogP contribution is -2.42. The number of carbonyl (C=O) groups is 1. The number of rotatable bonds is 2. The van der Waals surface area contributed by atoms with E-state index in [2.05, 4.69) is 18.2 Å². The van der Waals surface area contributed by atoms with Gasteiger partial charge in [0.25, 0.3) is 0 Å². The maximum absolute atomic E-state index is 11.8. The first-order valence-corrected chi connectivity index (χ1v) is 6.18.